The highest BCUT2D eigenvalue weighted by Gasteiger charge is 2.41. The predicted octanol–water partition coefficient (Wildman–Crippen LogP) is 6.83. The summed E-state index contributed by atoms with van der Waals surface area (Å²) in [5.74, 6) is 1.45. The summed E-state index contributed by atoms with van der Waals surface area (Å²) < 4.78 is 20.9. The van der Waals surface area contributed by atoms with E-state index in [4.69, 9.17) is 14.2 Å². The number of rotatable bonds is 7. The van der Waals surface area contributed by atoms with Gasteiger partial charge in [-0.3, -0.25) is 14.5 Å². The number of hydrogen-bond donors (Lipinski definition) is 1. The van der Waals surface area contributed by atoms with Gasteiger partial charge in [0.2, 0.25) is 0 Å². The van der Waals surface area contributed by atoms with Crippen molar-refractivity contribution in [2.24, 2.45) is 0 Å². The lowest BCUT2D eigenvalue weighted by atomic mass is 9.89. The van der Waals surface area contributed by atoms with Gasteiger partial charge in [-0.15, -0.1) is 12.4 Å². The van der Waals surface area contributed by atoms with Gasteiger partial charge >= 0.3 is 11.9 Å². The molecule has 0 radical (unpaired) electrons. The minimum Gasteiger partial charge on any atom is -0.487 e. The van der Waals surface area contributed by atoms with Crippen molar-refractivity contribution < 1.29 is 28.5 Å². The third-order valence-corrected chi connectivity index (χ3v) is 8.17. The van der Waals surface area contributed by atoms with Crippen LogP contribution in [-0.2, 0) is 19.1 Å². The van der Waals surface area contributed by atoms with Gasteiger partial charge in [0, 0.05) is 13.1 Å². The number of carbonyl (C=O) groups excluding carboxylic acids is 2. The van der Waals surface area contributed by atoms with E-state index in [-0.39, 0.29) is 35.5 Å². The highest BCUT2D eigenvalue weighted by atomic mass is 79.9. The van der Waals surface area contributed by atoms with Crippen LogP contribution in [0.2, 0.25) is 0 Å². The van der Waals surface area contributed by atoms with Crippen LogP contribution in [0.15, 0.2) is 60.7 Å². The summed E-state index contributed by atoms with van der Waals surface area (Å²) in [5.41, 5.74) is -0.737. The maximum Gasteiger partial charge on any atom is 0.325 e. The van der Waals surface area contributed by atoms with Crippen molar-refractivity contribution in [1.82, 2.24) is 10.2 Å². The average molecular weight is 700 g/mol. The summed E-state index contributed by atoms with van der Waals surface area (Å²) in [6.07, 6.45) is 3.95. The molecule has 0 aliphatic carbocycles. The van der Waals surface area contributed by atoms with Crippen molar-refractivity contribution in [3.8, 4) is 11.5 Å². The Balaban J connectivity index is 0.000000363. The zero-order valence-electron chi connectivity index (χ0n) is 27.6. The number of benzene rings is 2. The molecule has 248 valence electrons. The second-order valence-electron chi connectivity index (χ2n) is 12.5. The van der Waals surface area contributed by atoms with Gasteiger partial charge in [-0.05, 0) is 105 Å². The Morgan fingerprint density at radius 2 is 1.11 bits per heavy atom. The fraction of sp³-hybridized carbons (Fsp3) is 0.588. The van der Waals surface area contributed by atoms with E-state index in [1.807, 2.05) is 74.5 Å². The first-order valence-corrected chi connectivity index (χ1v) is 15.7. The normalized spacial score (nSPS) is 17.6. The van der Waals surface area contributed by atoms with Gasteiger partial charge in [-0.1, -0.05) is 52.3 Å². The molecule has 2 fully saturated rings. The number of likely N-dealkylation sites (tertiary alicyclic amines) is 1. The minimum atomic E-state index is -0.581. The number of ether oxygens (including phenoxy) is 4. The molecule has 4 rings (SSSR count). The number of halogens is 2. The molecule has 2 aromatic rings. The van der Waals surface area contributed by atoms with Crippen molar-refractivity contribution >= 4 is 40.3 Å². The van der Waals surface area contributed by atoms with Gasteiger partial charge in [0.15, 0.2) is 0 Å². The minimum absolute atomic E-state index is 0. The number of alkyl halides is 1. The first-order valence-electron chi connectivity index (χ1n) is 14.9. The van der Waals surface area contributed by atoms with E-state index < -0.39 is 9.86 Å². The number of nitrogens with zero attached hydrogens (tertiary/aromatic N) is 1. The molecule has 10 heteroatoms. The van der Waals surface area contributed by atoms with E-state index in [1.54, 1.807) is 13.8 Å². The first kappa shape index (κ1) is 39.7. The second-order valence-corrected chi connectivity index (χ2v) is 14.5. The zero-order chi connectivity index (χ0) is 32.2. The molecule has 1 N–H and O–H groups in total. The van der Waals surface area contributed by atoms with Crippen molar-refractivity contribution in [1.29, 1.82) is 0 Å². The standard InChI is InChI=1S/C17H25NO3.C12H17NO.C5H9BrO2.ClH/c1-16(2,15(19)20-4)18-12-10-17(3,11-13-18)21-14-8-6-5-7-9-14;1-12(7-9-13-10-8-12)14-11-5-3-2-4-6-11;1-5(2,6)4(7)8-3;/h5-9H,10-13H2,1-4H3;2-6,13H,7-10H2,1H3;1-3H3;1H. The van der Waals surface area contributed by atoms with Crippen molar-refractivity contribution in [2.45, 2.75) is 88.3 Å². The molecule has 2 aliphatic rings. The Hall–Kier alpha value is -2.33. The van der Waals surface area contributed by atoms with Gasteiger partial charge in [-0.25, -0.2) is 0 Å². The van der Waals surface area contributed by atoms with Crippen molar-refractivity contribution in [3.63, 3.8) is 0 Å². The molecule has 0 atom stereocenters. The van der Waals surface area contributed by atoms with E-state index in [9.17, 15) is 9.59 Å². The molecule has 44 heavy (non-hydrogen) atoms. The van der Waals surface area contributed by atoms with E-state index in [1.165, 1.54) is 14.2 Å². The Bertz CT molecular complexity index is 1110. The molecule has 0 aromatic heterocycles. The molecule has 0 bridgehead atoms. The highest BCUT2D eigenvalue weighted by Crippen LogP contribution is 2.31. The summed E-state index contributed by atoms with van der Waals surface area (Å²) in [6.45, 7) is 15.4. The molecule has 2 aromatic carbocycles. The Morgan fingerprint density at radius 3 is 1.45 bits per heavy atom. The van der Waals surface area contributed by atoms with E-state index in [2.05, 4.69) is 44.7 Å². The van der Waals surface area contributed by atoms with Crippen LogP contribution in [0, 0.1) is 0 Å². The zero-order valence-corrected chi connectivity index (χ0v) is 30.0. The second kappa shape index (κ2) is 18.0. The Labute approximate surface area is 279 Å². The number of carbonyl (C=O) groups is 2. The highest BCUT2D eigenvalue weighted by molar-refractivity contribution is 9.10. The van der Waals surface area contributed by atoms with Crippen LogP contribution in [-0.4, -0.2) is 78.3 Å². The van der Waals surface area contributed by atoms with Crippen LogP contribution in [0.5, 0.6) is 11.5 Å². The number of nitrogens with one attached hydrogen (secondary N) is 1. The first-order chi connectivity index (χ1) is 20.1. The predicted molar refractivity (Wildman–Crippen MR) is 182 cm³/mol. The third kappa shape index (κ3) is 13.0. The number of hydrogen-bond acceptors (Lipinski definition) is 8. The summed E-state index contributed by atoms with van der Waals surface area (Å²) in [4.78, 5) is 24.6. The molecular formula is C34H52BrClN2O6. The molecule has 0 unspecified atom stereocenters. The third-order valence-electron chi connectivity index (χ3n) is 7.84. The molecule has 2 heterocycles. The number of esters is 2. The molecule has 0 amide bonds. The van der Waals surface area contributed by atoms with E-state index in [0.717, 1.165) is 63.4 Å². The Kier molecular flexibility index (Phi) is 16.2. The average Bonchev–Trinajstić information content (AvgIpc) is 2.97. The van der Waals surface area contributed by atoms with Crippen LogP contribution < -0.4 is 14.8 Å². The quantitative estimate of drug-likeness (QED) is 0.249. The Morgan fingerprint density at radius 1 is 0.727 bits per heavy atom. The molecule has 0 spiro atoms. The van der Waals surface area contributed by atoms with Gasteiger partial charge in [0.25, 0.3) is 0 Å². The maximum atomic E-state index is 11.9. The SMILES string of the molecule is CC1(Oc2ccccc2)CCNCC1.COC(=O)C(C)(C)Br.COC(=O)C(C)(C)N1CCC(C)(Oc2ccccc2)CC1.Cl. The smallest absolute Gasteiger partial charge is 0.325 e. The van der Waals surface area contributed by atoms with E-state index in [0.29, 0.717) is 0 Å². The number of para-hydroxylation sites is 2. The van der Waals surface area contributed by atoms with Crippen molar-refractivity contribution in [2.75, 3.05) is 40.4 Å². The molecular weight excluding hydrogens is 648 g/mol. The number of methoxy groups -OCH3 is 2. The summed E-state index contributed by atoms with van der Waals surface area (Å²) in [7, 11) is 2.81. The van der Waals surface area contributed by atoms with Gasteiger partial charge < -0.3 is 24.3 Å². The van der Waals surface area contributed by atoms with Crippen LogP contribution in [0.3, 0.4) is 0 Å². The lowest BCUT2D eigenvalue weighted by molar-refractivity contribution is -0.155. The molecule has 8 nitrogen and oxygen atoms in total. The largest absolute Gasteiger partial charge is 0.487 e. The molecule has 2 saturated heterocycles. The lowest BCUT2D eigenvalue weighted by Crippen LogP contribution is -2.57. The maximum absolute atomic E-state index is 11.9. The topological polar surface area (TPSA) is 86.3 Å². The fourth-order valence-corrected chi connectivity index (χ4v) is 5.03. The monoisotopic (exact) mass is 698 g/mol. The lowest BCUT2D eigenvalue weighted by Gasteiger charge is -2.44. The summed E-state index contributed by atoms with van der Waals surface area (Å²) in [6, 6.07) is 20.0. The summed E-state index contributed by atoms with van der Waals surface area (Å²) >= 11 is 3.13. The number of piperidine rings is 2. The van der Waals surface area contributed by atoms with Crippen LogP contribution in [0.4, 0.5) is 0 Å². The fourth-order valence-electron chi connectivity index (χ4n) is 4.87. The van der Waals surface area contributed by atoms with Gasteiger partial charge in [-0.2, -0.15) is 0 Å². The summed E-state index contributed by atoms with van der Waals surface area (Å²) in [5, 5.41) is 3.35. The van der Waals surface area contributed by atoms with Crippen molar-refractivity contribution in [3.05, 3.63) is 60.7 Å². The van der Waals surface area contributed by atoms with Gasteiger partial charge in [0.05, 0.1) is 14.2 Å². The van der Waals surface area contributed by atoms with E-state index >= 15 is 0 Å². The molecule has 2 aliphatic heterocycles. The van der Waals surface area contributed by atoms with Crippen LogP contribution in [0.1, 0.15) is 67.2 Å². The molecule has 0 saturated carbocycles. The van der Waals surface area contributed by atoms with Crippen LogP contribution >= 0.6 is 28.3 Å². The van der Waals surface area contributed by atoms with Gasteiger partial charge in [0.1, 0.15) is 32.6 Å². The van der Waals surface area contributed by atoms with Crippen LogP contribution in [0.25, 0.3) is 0 Å².